The standard InChI is InChI=1S/C20H16Cl2N4O3S/c1-2-9-23-19(29)25-17(27)11-30-20-24-16-10-13(22)5-8-15(16)18(28)26(20)14-6-3-12(21)4-7-14/h2-8,10H,1,9,11H2,(H2,23,25,27,29). The summed E-state index contributed by atoms with van der Waals surface area (Å²) in [5.41, 5.74) is 0.635. The Kier molecular flexibility index (Phi) is 7.15. The Labute approximate surface area is 186 Å². The number of hydrogen-bond acceptors (Lipinski definition) is 5. The van der Waals surface area contributed by atoms with Crippen LogP contribution in [0.5, 0.6) is 0 Å². The largest absolute Gasteiger partial charge is 0.334 e. The fraction of sp³-hybridized carbons (Fsp3) is 0.100. The average molecular weight is 463 g/mol. The van der Waals surface area contributed by atoms with E-state index in [0.29, 0.717) is 26.6 Å². The van der Waals surface area contributed by atoms with Crippen LogP contribution in [0.4, 0.5) is 4.79 Å². The number of carbonyl (C=O) groups is 2. The van der Waals surface area contributed by atoms with Gasteiger partial charge in [-0.05, 0) is 42.5 Å². The van der Waals surface area contributed by atoms with Crippen LogP contribution < -0.4 is 16.2 Å². The Balaban J connectivity index is 1.95. The number of amides is 3. The van der Waals surface area contributed by atoms with Crippen molar-refractivity contribution in [3.8, 4) is 5.69 Å². The van der Waals surface area contributed by atoms with E-state index in [1.165, 1.54) is 10.6 Å². The summed E-state index contributed by atoms with van der Waals surface area (Å²) in [6, 6.07) is 10.8. The van der Waals surface area contributed by atoms with Crippen molar-refractivity contribution < 1.29 is 9.59 Å². The molecule has 2 aromatic carbocycles. The highest BCUT2D eigenvalue weighted by molar-refractivity contribution is 7.99. The molecule has 0 bridgehead atoms. The smallest absolute Gasteiger partial charge is 0.321 e. The van der Waals surface area contributed by atoms with Crippen molar-refractivity contribution in [1.29, 1.82) is 0 Å². The molecule has 30 heavy (non-hydrogen) atoms. The van der Waals surface area contributed by atoms with E-state index in [1.807, 2.05) is 0 Å². The van der Waals surface area contributed by atoms with Gasteiger partial charge in [-0.15, -0.1) is 6.58 Å². The number of carbonyl (C=O) groups excluding carboxylic acids is 2. The molecule has 3 aromatic rings. The zero-order chi connectivity index (χ0) is 21.7. The number of fused-ring (bicyclic) bond motifs is 1. The van der Waals surface area contributed by atoms with Crippen molar-refractivity contribution in [1.82, 2.24) is 20.2 Å². The maximum atomic E-state index is 13.1. The molecule has 0 saturated heterocycles. The second-order valence-corrected chi connectivity index (χ2v) is 7.82. The molecule has 3 rings (SSSR count). The molecule has 1 aromatic heterocycles. The number of benzene rings is 2. The SMILES string of the molecule is C=CCNC(=O)NC(=O)CSc1nc2cc(Cl)ccc2c(=O)n1-c1ccc(Cl)cc1. The normalized spacial score (nSPS) is 10.6. The van der Waals surface area contributed by atoms with Crippen LogP contribution in [0.2, 0.25) is 10.0 Å². The van der Waals surface area contributed by atoms with Gasteiger partial charge in [0.05, 0.1) is 22.3 Å². The van der Waals surface area contributed by atoms with E-state index in [9.17, 15) is 14.4 Å². The Morgan fingerprint density at radius 3 is 2.53 bits per heavy atom. The van der Waals surface area contributed by atoms with Crippen molar-refractivity contribution in [3.63, 3.8) is 0 Å². The zero-order valence-corrected chi connectivity index (χ0v) is 17.9. The van der Waals surface area contributed by atoms with Crippen LogP contribution in [0.3, 0.4) is 0 Å². The van der Waals surface area contributed by atoms with Crippen molar-refractivity contribution in [2.45, 2.75) is 5.16 Å². The van der Waals surface area contributed by atoms with E-state index >= 15 is 0 Å². The molecule has 1 heterocycles. The molecule has 0 fully saturated rings. The first-order valence-electron chi connectivity index (χ1n) is 8.68. The molecular weight excluding hydrogens is 447 g/mol. The number of imide groups is 1. The lowest BCUT2D eigenvalue weighted by atomic mass is 10.2. The van der Waals surface area contributed by atoms with Crippen molar-refractivity contribution >= 4 is 57.8 Å². The van der Waals surface area contributed by atoms with Crippen LogP contribution in [0.15, 0.2) is 65.1 Å². The minimum Gasteiger partial charge on any atom is -0.334 e. The molecule has 0 aliphatic carbocycles. The molecule has 0 aliphatic rings. The van der Waals surface area contributed by atoms with Crippen LogP contribution in [0.25, 0.3) is 16.6 Å². The number of nitrogens with one attached hydrogen (secondary N) is 2. The molecule has 2 N–H and O–H groups in total. The van der Waals surface area contributed by atoms with Crippen LogP contribution in [-0.4, -0.2) is 33.8 Å². The van der Waals surface area contributed by atoms with E-state index in [2.05, 4.69) is 22.2 Å². The highest BCUT2D eigenvalue weighted by Gasteiger charge is 2.16. The first-order valence-corrected chi connectivity index (χ1v) is 10.4. The number of urea groups is 1. The molecule has 0 unspecified atom stereocenters. The fourth-order valence-electron chi connectivity index (χ4n) is 2.56. The summed E-state index contributed by atoms with van der Waals surface area (Å²) in [4.78, 5) is 41.4. The lowest BCUT2D eigenvalue weighted by molar-refractivity contribution is -0.117. The summed E-state index contributed by atoms with van der Waals surface area (Å²) < 4.78 is 1.39. The van der Waals surface area contributed by atoms with Gasteiger partial charge in [-0.3, -0.25) is 19.5 Å². The minimum atomic E-state index is -0.631. The number of thioether (sulfide) groups is 1. The Bertz CT molecular complexity index is 1180. The summed E-state index contributed by atoms with van der Waals surface area (Å²) in [7, 11) is 0. The molecule has 154 valence electrons. The van der Waals surface area contributed by atoms with Gasteiger partial charge >= 0.3 is 6.03 Å². The predicted molar refractivity (Wildman–Crippen MR) is 120 cm³/mol. The topological polar surface area (TPSA) is 93.1 Å². The monoisotopic (exact) mass is 462 g/mol. The molecule has 10 heteroatoms. The van der Waals surface area contributed by atoms with Gasteiger partial charge in [0.15, 0.2) is 5.16 Å². The lowest BCUT2D eigenvalue weighted by Crippen LogP contribution is -2.40. The van der Waals surface area contributed by atoms with Gasteiger partial charge in [0.25, 0.3) is 5.56 Å². The summed E-state index contributed by atoms with van der Waals surface area (Å²) in [5.74, 6) is -0.669. The van der Waals surface area contributed by atoms with Gasteiger partial charge in [-0.1, -0.05) is 41.0 Å². The number of aromatic nitrogens is 2. The maximum Gasteiger partial charge on any atom is 0.321 e. The van der Waals surface area contributed by atoms with Crippen LogP contribution in [0, 0.1) is 0 Å². The predicted octanol–water partition coefficient (Wildman–Crippen LogP) is 3.80. The second kappa shape index (κ2) is 9.80. The number of nitrogens with zero attached hydrogens (tertiary/aromatic N) is 2. The highest BCUT2D eigenvalue weighted by atomic mass is 35.5. The summed E-state index contributed by atoms with van der Waals surface area (Å²) >= 11 is 13.0. The molecule has 0 spiro atoms. The third-order valence-electron chi connectivity index (χ3n) is 3.88. The molecular formula is C20H16Cl2N4O3S. The van der Waals surface area contributed by atoms with Gasteiger partial charge in [0, 0.05) is 16.6 Å². The molecule has 3 amide bonds. The van der Waals surface area contributed by atoms with Crippen LogP contribution in [-0.2, 0) is 4.79 Å². The van der Waals surface area contributed by atoms with Crippen LogP contribution in [0.1, 0.15) is 0 Å². The third-order valence-corrected chi connectivity index (χ3v) is 5.30. The molecule has 0 aliphatic heterocycles. The minimum absolute atomic E-state index is 0.131. The molecule has 0 saturated carbocycles. The Morgan fingerprint density at radius 2 is 1.83 bits per heavy atom. The zero-order valence-electron chi connectivity index (χ0n) is 15.5. The fourth-order valence-corrected chi connectivity index (χ4v) is 3.66. The number of rotatable bonds is 6. The molecule has 0 atom stereocenters. The van der Waals surface area contributed by atoms with E-state index in [0.717, 1.165) is 11.8 Å². The van der Waals surface area contributed by atoms with Crippen molar-refractivity contribution in [3.05, 3.63) is 75.5 Å². The molecule has 0 radical (unpaired) electrons. The van der Waals surface area contributed by atoms with Gasteiger partial charge in [0.1, 0.15) is 0 Å². The first-order chi connectivity index (χ1) is 14.4. The van der Waals surface area contributed by atoms with Gasteiger partial charge in [0.2, 0.25) is 5.91 Å². The average Bonchev–Trinajstić information content (AvgIpc) is 2.71. The quantitative estimate of drug-likeness (QED) is 0.330. The van der Waals surface area contributed by atoms with E-state index in [-0.39, 0.29) is 23.0 Å². The van der Waals surface area contributed by atoms with Crippen molar-refractivity contribution in [2.24, 2.45) is 0 Å². The summed E-state index contributed by atoms with van der Waals surface area (Å²) in [6.45, 7) is 3.71. The lowest BCUT2D eigenvalue weighted by Gasteiger charge is -2.13. The summed E-state index contributed by atoms with van der Waals surface area (Å²) in [6.07, 6.45) is 1.49. The van der Waals surface area contributed by atoms with E-state index in [4.69, 9.17) is 23.2 Å². The van der Waals surface area contributed by atoms with E-state index < -0.39 is 11.9 Å². The van der Waals surface area contributed by atoms with Crippen molar-refractivity contribution in [2.75, 3.05) is 12.3 Å². The number of halogens is 2. The summed E-state index contributed by atoms with van der Waals surface area (Å²) in [5, 5.41) is 6.26. The highest BCUT2D eigenvalue weighted by Crippen LogP contribution is 2.23. The van der Waals surface area contributed by atoms with Gasteiger partial charge in [-0.2, -0.15) is 0 Å². The Morgan fingerprint density at radius 1 is 1.13 bits per heavy atom. The van der Waals surface area contributed by atoms with Crippen LogP contribution >= 0.6 is 35.0 Å². The Hall–Kier alpha value is -2.81. The van der Waals surface area contributed by atoms with E-state index in [1.54, 1.807) is 42.5 Å². The maximum absolute atomic E-state index is 13.1. The van der Waals surface area contributed by atoms with Gasteiger partial charge < -0.3 is 5.32 Å². The molecule has 7 nitrogen and oxygen atoms in total. The third kappa shape index (κ3) is 5.21. The second-order valence-electron chi connectivity index (χ2n) is 6.01. The number of hydrogen-bond donors (Lipinski definition) is 2. The first kappa shape index (κ1) is 21.9. The van der Waals surface area contributed by atoms with Gasteiger partial charge in [-0.25, -0.2) is 9.78 Å².